The number of ether oxygens (including phenoxy) is 2. The second-order valence-electron chi connectivity index (χ2n) is 6.69. The first kappa shape index (κ1) is 17.8. The molecule has 3 nitrogen and oxygen atoms in total. The molecule has 0 N–H and O–H groups in total. The van der Waals surface area contributed by atoms with E-state index in [1.54, 1.807) is 6.08 Å². The van der Waals surface area contributed by atoms with Crippen molar-refractivity contribution in [3.05, 3.63) is 40.4 Å². The maximum absolute atomic E-state index is 12.4. The molecule has 1 saturated heterocycles. The predicted molar refractivity (Wildman–Crippen MR) is 98.6 cm³/mol. The third kappa shape index (κ3) is 5.27. The van der Waals surface area contributed by atoms with E-state index in [4.69, 9.17) is 9.47 Å². The van der Waals surface area contributed by atoms with Crippen molar-refractivity contribution in [3.63, 3.8) is 0 Å². The van der Waals surface area contributed by atoms with Gasteiger partial charge in [0.05, 0.1) is 6.10 Å². The fourth-order valence-electron chi connectivity index (χ4n) is 3.40. The molecule has 0 radical (unpaired) electrons. The highest BCUT2D eigenvalue weighted by molar-refractivity contribution is 9.10. The topological polar surface area (TPSA) is 35.5 Å². The lowest BCUT2D eigenvalue weighted by Gasteiger charge is -2.32. The van der Waals surface area contributed by atoms with E-state index in [0.717, 1.165) is 55.2 Å². The summed E-state index contributed by atoms with van der Waals surface area (Å²) in [6.45, 7) is 0.819. The van der Waals surface area contributed by atoms with Crippen molar-refractivity contribution in [1.29, 1.82) is 0 Å². The van der Waals surface area contributed by atoms with Gasteiger partial charge in [0.25, 0.3) is 0 Å². The molecule has 1 aromatic carbocycles. The third-order valence-electron chi connectivity index (χ3n) is 4.87. The first-order valence-electron chi connectivity index (χ1n) is 8.95. The minimum Gasteiger partial charge on any atom is -0.353 e. The van der Waals surface area contributed by atoms with Crippen LogP contribution in [0.5, 0.6) is 0 Å². The lowest BCUT2D eigenvalue weighted by Crippen LogP contribution is -2.31. The molecular formula is C20H25BrO3. The summed E-state index contributed by atoms with van der Waals surface area (Å²) < 4.78 is 12.7. The molecule has 1 heterocycles. The fourth-order valence-corrected chi connectivity index (χ4v) is 3.67. The molecule has 0 bridgehead atoms. The van der Waals surface area contributed by atoms with Crippen molar-refractivity contribution < 1.29 is 14.3 Å². The fraction of sp³-hybridized carbons (Fsp3) is 0.550. The number of rotatable bonds is 5. The second kappa shape index (κ2) is 8.93. The smallest absolute Gasteiger partial charge is 0.158 e. The Morgan fingerprint density at radius 1 is 1.08 bits per heavy atom. The van der Waals surface area contributed by atoms with E-state index in [9.17, 15) is 4.79 Å². The van der Waals surface area contributed by atoms with Gasteiger partial charge in [-0.25, -0.2) is 0 Å². The van der Waals surface area contributed by atoms with Crippen LogP contribution in [0.25, 0.3) is 6.08 Å². The van der Waals surface area contributed by atoms with Gasteiger partial charge in [0.1, 0.15) is 0 Å². The molecule has 4 heteroatoms. The highest BCUT2D eigenvalue weighted by atomic mass is 79.9. The number of benzene rings is 1. The lowest BCUT2D eigenvalue weighted by atomic mass is 9.84. The van der Waals surface area contributed by atoms with Gasteiger partial charge in [0.15, 0.2) is 12.1 Å². The van der Waals surface area contributed by atoms with Crippen molar-refractivity contribution in [3.8, 4) is 0 Å². The maximum Gasteiger partial charge on any atom is 0.158 e. The Morgan fingerprint density at radius 2 is 1.83 bits per heavy atom. The highest BCUT2D eigenvalue weighted by Gasteiger charge is 2.27. The summed E-state index contributed by atoms with van der Waals surface area (Å²) in [5, 5.41) is 0. The highest BCUT2D eigenvalue weighted by Crippen LogP contribution is 2.29. The number of halogens is 1. The van der Waals surface area contributed by atoms with Gasteiger partial charge in [-0.1, -0.05) is 34.1 Å². The summed E-state index contributed by atoms with van der Waals surface area (Å²) in [7, 11) is 0. The van der Waals surface area contributed by atoms with E-state index >= 15 is 0 Å². The lowest BCUT2D eigenvalue weighted by molar-refractivity contribution is -0.194. The normalized spacial score (nSPS) is 28.1. The zero-order valence-electron chi connectivity index (χ0n) is 14.0. The van der Waals surface area contributed by atoms with E-state index < -0.39 is 0 Å². The SMILES string of the molecule is O=C(/C=C/c1ccc(Br)cc1)[C@H]1CC[C@H](OC2CCCCO2)CC1. The van der Waals surface area contributed by atoms with Gasteiger partial charge >= 0.3 is 0 Å². The summed E-state index contributed by atoms with van der Waals surface area (Å²) in [6, 6.07) is 7.98. The number of hydrogen-bond donors (Lipinski definition) is 0. The maximum atomic E-state index is 12.4. The van der Waals surface area contributed by atoms with Crippen LogP contribution in [0.1, 0.15) is 50.5 Å². The summed E-state index contributed by atoms with van der Waals surface area (Å²) in [6.07, 6.45) is 11.0. The number of carbonyl (C=O) groups is 1. The molecule has 0 amide bonds. The van der Waals surface area contributed by atoms with Crippen LogP contribution in [-0.4, -0.2) is 24.8 Å². The number of hydrogen-bond acceptors (Lipinski definition) is 3. The zero-order chi connectivity index (χ0) is 16.8. The third-order valence-corrected chi connectivity index (χ3v) is 5.40. The van der Waals surface area contributed by atoms with Gasteiger partial charge in [-0.2, -0.15) is 0 Å². The predicted octanol–water partition coefficient (Wildman–Crippen LogP) is 5.13. The van der Waals surface area contributed by atoms with Crippen molar-refractivity contribution in [2.45, 2.75) is 57.3 Å². The van der Waals surface area contributed by atoms with E-state index in [1.165, 1.54) is 6.42 Å². The summed E-state index contributed by atoms with van der Waals surface area (Å²) in [5.74, 6) is 0.383. The van der Waals surface area contributed by atoms with Gasteiger partial charge in [-0.15, -0.1) is 0 Å². The van der Waals surface area contributed by atoms with E-state index in [1.807, 2.05) is 30.3 Å². The van der Waals surface area contributed by atoms with Gasteiger partial charge in [-0.05, 0) is 68.7 Å². The molecule has 1 atom stereocenters. The molecule has 2 aliphatic rings. The molecule has 0 spiro atoms. The number of ketones is 1. The second-order valence-corrected chi connectivity index (χ2v) is 7.61. The van der Waals surface area contributed by atoms with E-state index in [-0.39, 0.29) is 24.1 Å². The first-order chi connectivity index (χ1) is 11.7. The molecule has 0 aromatic heterocycles. The van der Waals surface area contributed by atoms with Crippen molar-refractivity contribution in [2.24, 2.45) is 5.92 Å². The average molecular weight is 393 g/mol. The Hall–Kier alpha value is -0.970. The Kier molecular flexibility index (Phi) is 6.64. The molecule has 2 fully saturated rings. The van der Waals surface area contributed by atoms with Crippen LogP contribution >= 0.6 is 15.9 Å². The molecule has 1 aliphatic carbocycles. The van der Waals surface area contributed by atoms with Crippen molar-refractivity contribution >= 4 is 27.8 Å². The van der Waals surface area contributed by atoms with Crippen LogP contribution in [0.15, 0.2) is 34.8 Å². The van der Waals surface area contributed by atoms with Crippen LogP contribution in [0.3, 0.4) is 0 Å². The Labute approximate surface area is 152 Å². The van der Waals surface area contributed by atoms with E-state index in [0.29, 0.717) is 0 Å². The van der Waals surface area contributed by atoms with Crippen molar-refractivity contribution in [2.75, 3.05) is 6.61 Å². The molecule has 130 valence electrons. The van der Waals surface area contributed by atoms with Crippen LogP contribution in [0, 0.1) is 5.92 Å². The number of allylic oxidation sites excluding steroid dienone is 1. The van der Waals surface area contributed by atoms with Gasteiger partial charge in [0, 0.05) is 17.0 Å². The van der Waals surface area contributed by atoms with Crippen LogP contribution < -0.4 is 0 Å². The number of carbonyl (C=O) groups excluding carboxylic acids is 1. The standard InChI is InChI=1S/C20H25BrO3/c21-17-9-4-15(5-10-17)6-13-19(22)16-7-11-18(12-8-16)24-20-3-1-2-14-23-20/h4-6,9-10,13,16,18,20H,1-3,7-8,11-12,14H2/b13-6+/t16-,18-,20?. The summed E-state index contributed by atoms with van der Waals surface area (Å²) in [4.78, 5) is 12.4. The minimum absolute atomic E-state index is 0.0201. The quantitative estimate of drug-likeness (QED) is 0.651. The molecule has 24 heavy (non-hydrogen) atoms. The zero-order valence-corrected chi connectivity index (χ0v) is 15.5. The Balaban J connectivity index is 1.43. The molecule has 1 aliphatic heterocycles. The van der Waals surface area contributed by atoms with Gasteiger partial charge < -0.3 is 9.47 Å². The average Bonchev–Trinajstić information content (AvgIpc) is 2.62. The van der Waals surface area contributed by atoms with Gasteiger partial charge in [0.2, 0.25) is 0 Å². The molecular weight excluding hydrogens is 368 g/mol. The molecule has 1 unspecified atom stereocenters. The molecule has 1 saturated carbocycles. The van der Waals surface area contributed by atoms with Crippen LogP contribution in [-0.2, 0) is 14.3 Å². The van der Waals surface area contributed by atoms with Crippen LogP contribution in [0.2, 0.25) is 0 Å². The summed E-state index contributed by atoms with van der Waals surface area (Å²) in [5.41, 5.74) is 1.05. The Morgan fingerprint density at radius 3 is 2.50 bits per heavy atom. The van der Waals surface area contributed by atoms with Gasteiger partial charge in [-0.3, -0.25) is 4.79 Å². The Bertz CT molecular complexity index is 553. The van der Waals surface area contributed by atoms with E-state index in [2.05, 4.69) is 15.9 Å². The van der Waals surface area contributed by atoms with Crippen molar-refractivity contribution in [1.82, 2.24) is 0 Å². The largest absolute Gasteiger partial charge is 0.353 e. The summed E-state index contributed by atoms with van der Waals surface area (Å²) >= 11 is 3.42. The molecule has 1 aromatic rings. The van der Waals surface area contributed by atoms with Crippen LogP contribution in [0.4, 0.5) is 0 Å². The first-order valence-corrected chi connectivity index (χ1v) is 9.74. The minimum atomic E-state index is -0.0201. The monoisotopic (exact) mass is 392 g/mol. The molecule has 3 rings (SSSR count).